The Labute approximate surface area is 158 Å². The fourth-order valence-corrected chi connectivity index (χ4v) is 6.08. The average molecular weight is 365 g/mol. The van der Waals surface area contributed by atoms with Gasteiger partial charge in [0.2, 0.25) is 0 Å². The fraction of sp³-hybridized carbons (Fsp3) is 0.217. The highest BCUT2D eigenvalue weighted by Crippen LogP contribution is 2.62. The maximum Gasteiger partial charge on any atom is 0.0464 e. The molecule has 0 aromatic heterocycles. The molecule has 0 saturated carbocycles. The van der Waals surface area contributed by atoms with E-state index in [4.69, 9.17) is 23.2 Å². The second kappa shape index (κ2) is 4.90. The van der Waals surface area contributed by atoms with E-state index in [-0.39, 0.29) is 11.3 Å². The first-order valence-corrected chi connectivity index (χ1v) is 9.40. The van der Waals surface area contributed by atoms with E-state index in [2.05, 4.69) is 57.2 Å². The highest BCUT2D eigenvalue weighted by Gasteiger charge is 2.52. The number of aryl methyl sites for hydroxylation is 2. The Bertz CT molecular complexity index is 1010. The predicted molar refractivity (Wildman–Crippen MR) is 105 cm³/mol. The molecule has 0 heterocycles. The van der Waals surface area contributed by atoms with Crippen molar-refractivity contribution in [3.63, 3.8) is 0 Å². The first-order valence-electron chi connectivity index (χ1n) is 8.64. The summed E-state index contributed by atoms with van der Waals surface area (Å²) < 4.78 is 0. The number of halogens is 2. The Kier molecular flexibility index (Phi) is 3.04. The van der Waals surface area contributed by atoms with Crippen LogP contribution in [-0.2, 0) is 5.41 Å². The van der Waals surface area contributed by atoms with Gasteiger partial charge in [-0.3, -0.25) is 0 Å². The van der Waals surface area contributed by atoms with Crippen LogP contribution in [0.3, 0.4) is 0 Å². The summed E-state index contributed by atoms with van der Waals surface area (Å²) in [6.45, 7) is 6.72. The van der Waals surface area contributed by atoms with Crippen LogP contribution >= 0.6 is 23.2 Å². The smallest absolute Gasteiger partial charge is 0.0464 e. The molecular weight excluding hydrogens is 347 g/mol. The molecule has 0 fully saturated rings. The van der Waals surface area contributed by atoms with E-state index < -0.39 is 0 Å². The van der Waals surface area contributed by atoms with Crippen LogP contribution in [0.15, 0.2) is 48.5 Å². The van der Waals surface area contributed by atoms with Crippen molar-refractivity contribution in [3.05, 3.63) is 103 Å². The summed E-state index contributed by atoms with van der Waals surface area (Å²) in [5.74, 6) is 0.208. The minimum absolute atomic E-state index is 0.208. The van der Waals surface area contributed by atoms with Gasteiger partial charge in [0.05, 0.1) is 0 Å². The van der Waals surface area contributed by atoms with Crippen molar-refractivity contribution in [3.8, 4) is 0 Å². The summed E-state index contributed by atoms with van der Waals surface area (Å²) in [7, 11) is 0. The molecular formula is C23H18Cl2. The molecule has 2 heteroatoms. The minimum Gasteiger partial charge on any atom is -0.0840 e. The maximum absolute atomic E-state index is 6.76. The predicted octanol–water partition coefficient (Wildman–Crippen LogP) is 6.77. The fourth-order valence-electron chi connectivity index (χ4n) is 5.34. The topological polar surface area (TPSA) is 0 Å². The molecule has 0 aliphatic heterocycles. The molecule has 0 N–H and O–H groups in total. The molecule has 0 saturated heterocycles. The van der Waals surface area contributed by atoms with Gasteiger partial charge < -0.3 is 0 Å². The SMILES string of the molecule is Cc1ccc(C)c2c1C1c3cccc(Cl)c3C2(C)c2c(Cl)cccc21. The Balaban J connectivity index is 2.06. The zero-order valence-corrected chi connectivity index (χ0v) is 16.0. The van der Waals surface area contributed by atoms with Crippen molar-refractivity contribution >= 4 is 23.2 Å². The van der Waals surface area contributed by atoms with Crippen molar-refractivity contribution in [1.82, 2.24) is 0 Å². The van der Waals surface area contributed by atoms with Gasteiger partial charge in [0.25, 0.3) is 0 Å². The van der Waals surface area contributed by atoms with Gasteiger partial charge in [0.1, 0.15) is 0 Å². The Morgan fingerprint density at radius 3 is 1.80 bits per heavy atom. The molecule has 3 aromatic rings. The van der Waals surface area contributed by atoms with Gasteiger partial charge >= 0.3 is 0 Å². The highest BCUT2D eigenvalue weighted by molar-refractivity contribution is 6.33. The Hall–Kier alpha value is -1.76. The lowest BCUT2D eigenvalue weighted by Gasteiger charge is -2.51. The van der Waals surface area contributed by atoms with Crippen molar-refractivity contribution < 1.29 is 0 Å². The van der Waals surface area contributed by atoms with Gasteiger partial charge in [0.15, 0.2) is 0 Å². The first-order chi connectivity index (χ1) is 12.0. The molecule has 3 aliphatic carbocycles. The lowest BCUT2D eigenvalue weighted by Crippen LogP contribution is -2.41. The van der Waals surface area contributed by atoms with Crippen LogP contribution in [0.2, 0.25) is 10.0 Å². The number of rotatable bonds is 0. The van der Waals surface area contributed by atoms with E-state index in [1.807, 2.05) is 12.1 Å². The molecule has 0 unspecified atom stereocenters. The monoisotopic (exact) mass is 364 g/mol. The molecule has 3 aliphatic rings. The third-order valence-corrected chi connectivity index (χ3v) is 6.80. The van der Waals surface area contributed by atoms with E-state index in [1.54, 1.807) is 0 Å². The summed E-state index contributed by atoms with van der Waals surface area (Å²) in [6.07, 6.45) is 0. The lowest BCUT2D eigenvalue weighted by atomic mass is 9.52. The second-order valence-electron chi connectivity index (χ2n) is 7.45. The van der Waals surface area contributed by atoms with Crippen LogP contribution in [0.5, 0.6) is 0 Å². The molecule has 0 spiro atoms. The molecule has 0 atom stereocenters. The molecule has 0 amide bonds. The van der Waals surface area contributed by atoms with Crippen LogP contribution in [0.1, 0.15) is 57.3 Å². The molecule has 6 rings (SSSR count). The highest BCUT2D eigenvalue weighted by atomic mass is 35.5. The summed E-state index contributed by atoms with van der Waals surface area (Å²) in [6, 6.07) is 17.1. The van der Waals surface area contributed by atoms with Crippen molar-refractivity contribution in [2.45, 2.75) is 32.1 Å². The largest absolute Gasteiger partial charge is 0.0840 e. The Morgan fingerprint density at radius 2 is 1.24 bits per heavy atom. The molecule has 3 aromatic carbocycles. The standard InChI is InChI=1S/C23H18Cl2/c1-12-10-11-13(2)20-18(12)19-14-6-4-8-16(24)21(14)23(20,3)22-15(19)7-5-9-17(22)25/h4-11,19H,1-3H3. The van der Waals surface area contributed by atoms with Gasteiger partial charge in [0, 0.05) is 21.4 Å². The molecule has 124 valence electrons. The van der Waals surface area contributed by atoms with Crippen molar-refractivity contribution in [2.24, 2.45) is 0 Å². The lowest BCUT2D eigenvalue weighted by molar-refractivity contribution is 0.587. The maximum atomic E-state index is 6.76. The first kappa shape index (κ1) is 15.5. The quantitative estimate of drug-likeness (QED) is 0.412. The van der Waals surface area contributed by atoms with Gasteiger partial charge in [-0.15, -0.1) is 0 Å². The zero-order chi connectivity index (χ0) is 17.5. The van der Waals surface area contributed by atoms with Crippen molar-refractivity contribution in [1.29, 1.82) is 0 Å². The summed E-state index contributed by atoms with van der Waals surface area (Å²) in [5.41, 5.74) is 10.3. The van der Waals surface area contributed by atoms with Crippen molar-refractivity contribution in [2.75, 3.05) is 0 Å². The molecule has 25 heavy (non-hydrogen) atoms. The minimum atomic E-state index is -0.318. The van der Waals surface area contributed by atoms with Gasteiger partial charge in [-0.2, -0.15) is 0 Å². The van der Waals surface area contributed by atoms with E-state index in [1.165, 1.54) is 44.5 Å². The second-order valence-corrected chi connectivity index (χ2v) is 8.27. The van der Waals surface area contributed by atoms with Gasteiger partial charge in [-0.05, 0) is 77.4 Å². The Morgan fingerprint density at radius 1 is 0.720 bits per heavy atom. The summed E-state index contributed by atoms with van der Waals surface area (Å²) >= 11 is 13.5. The van der Waals surface area contributed by atoms with E-state index >= 15 is 0 Å². The number of hydrogen-bond donors (Lipinski definition) is 0. The molecule has 0 nitrogen and oxygen atoms in total. The van der Waals surface area contributed by atoms with Crippen LogP contribution in [0, 0.1) is 13.8 Å². The normalized spacial score (nSPS) is 22.4. The van der Waals surface area contributed by atoms with Crippen LogP contribution < -0.4 is 0 Å². The van der Waals surface area contributed by atoms with E-state index in [9.17, 15) is 0 Å². The van der Waals surface area contributed by atoms with Crippen LogP contribution in [0.25, 0.3) is 0 Å². The third-order valence-electron chi connectivity index (χ3n) is 6.17. The van der Waals surface area contributed by atoms with E-state index in [0.29, 0.717) is 0 Å². The van der Waals surface area contributed by atoms with E-state index in [0.717, 1.165) is 10.0 Å². The summed E-state index contributed by atoms with van der Waals surface area (Å²) in [5, 5.41) is 1.67. The number of hydrogen-bond acceptors (Lipinski definition) is 0. The number of benzene rings is 3. The van der Waals surface area contributed by atoms with Crippen LogP contribution in [0.4, 0.5) is 0 Å². The zero-order valence-electron chi connectivity index (χ0n) is 14.5. The van der Waals surface area contributed by atoms with Gasteiger partial charge in [-0.1, -0.05) is 59.6 Å². The average Bonchev–Trinajstić information content (AvgIpc) is 2.58. The third kappa shape index (κ3) is 1.70. The summed E-state index contributed by atoms with van der Waals surface area (Å²) in [4.78, 5) is 0. The molecule has 2 bridgehead atoms. The van der Waals surface area contributed by atoms with Gasteiger partial charge in [-0.25, -0.2) is 0 Å². The van der Waals surface area contributed by atoms with Crippen LogP contribution in [-0.4, -0.2) is 0 Å². The molecule has 0 radical (unpaired) electrons.